The van der Waals surface area contributed by atoms with Crippen molar-refractivity contribution in [3.05, 3.63) is 24.3 Å². The number of amides is 1. The molecule has 284 valence electrons. The summed E-state index contributed by atoms with van der Waals surface area (Å²) in [6.07, 6.45) is 51.4. The van der Waals surface area contributed by atoms with Gasteiger partial charge in [-0.05, 0) is 38.5 Å². The molecule has 0 unspecified atom stereocenters. The lowest BCUT2D eigenvalue weighted by Gasteiger charge is -2.20. The van der Waals surface area contributed by atoms with E-state index in [9.17, 15) is 15.0 Å². The van der Waals surface area contributed by atoms with Crippen molar-refractivity contribution < 1.29 is 15.0 Å². The van der Waals surface area contributed by atoms with E-state index in [1.54, 1.807) is 6.08 Å². The SMILES string of the molecule is CCC/C=C/CCCCCCCC/C=C/[C@@H](O)[C@H](CO)NC(=O)CCCCCCCCCCCCCCCCCCCCCCCCC. The van der Waals surface area contributed by atoms with E-state index in [4.69, 9.17) is 0 Å². The van der Waals surface area contributed by atoms with Crippen LogP contribution in [-0.4, -0.2) is 34.9 Å². The maximum Gasteiger partial charge on any atom is 0.220 e. The number of hydrogen-bond donors (Lipinski definition) is 3. The highest BCUT2D eigenvalue weighted by Gasteiger charge is 2.17. The predicted octanol–water partition coefficient (Wildman–Crippen LogP) is 13.2. The minimum absolute atomic E-state index is 0.0640. The van der Waals surface area contributed by atoms with E-state index in [0.29, 0.717) is 6.42 Å². The predicted molar refractivity (Wildman–Crippen MR) is 212 cm³/mol. The monoisotopic (exact) mass is 676 g/mol. The second kappa shape index (κ2) is 40.3. The fourth-order valence-electron chi connectivity index (χ4n) is 6.59. The lowest BCUT2D eigenvalue weighted by molar-refractivity contribution is -0.123. The summed E-state index contributed by atoms with van der Waals surface area (Å²) in [4.78, 5) is 12.4. The highest BCUT2D eigenvalue weighted by Crippen LogP contribution is 2.16. The van der Waals surface area contributed by atoms with Crippen LogP contribution in [0.25, 0.3) is 0 Å². The van der Waals surface area contributed by atoms with Gasteiger partial charge in [-0.3, -0.25) is 4.79 Å². The van der Waals surface area contributed by atoms with Gasteiger partial charge >= 0.3 is 0 Å². The number of carbonyl (C=O) groups excluding carboxylic acids is 1. The van der Waals surface area contributed by atoms with Crippen molar-refractivity contribution in [3.8, 4) is 0 Å². The molecule has 0 heterocycles. The largest absolute Gasteiger partial charge is 0.394 e. The first-order valence-corrected chi connectivity index (χ1v) is 21.6. The maximum atomic E-state index is 12.4. The van der Waals surface area contributed by atoms with Crippen molar-refractivity contribution in [2.75, 3.05) is 6.61 Å². The maximum absolute atomic E-state index is 12.4. The molecule has 4 heteroatoms. The molecular weight excluding hydrogens is 590 g/mol. The second-order valence-corrected chi connectivity index (χ2v) is 14.8. The number of hydrogen-bond acceptors (Lipinski definition) is 3. The average Bonchev–Trinajstić information content (AvgIpc) is 3.09. The van der Waals surface area contributed by atoms with Gasteiger partial charge in [0, 0.05) is 6.42 Å². The van der Waals surface area contributed by atoms with E-state index < -0.39 is 12.1 Å². The molecule has 0 aromatic rings. The first-order valence-electron chi connectivity index (χ1n) is 21.6. The quantitative estimate of drug-likeness (QED) is 0.0448. The molecule has 1 amide bonds. The van der Waals surface area contributed by atoms with Crippen LogP contribution in [-0.2, 0) is 4.79 Å². The van der Waals surface area contributed by atoms with Crippen molar-refractivity contribution in [3.63, 3.8) is 0 Å². The highest BCUT2D eigenvalue weighted by atomic mass is 16.3. The third-order valence-corrected chi connectivity index (χ3v) is 9.91. The van der Waals surface area contributed by atoms with Gasteiger partial charge in [-0.2, -0.15) is 0 Å². The molecular formula is C44H85NO3. The molecule has 48 heavy (non-hydrogen) atoms. The summed E-state index contributed by atoms with van der Waals surface area (Å²) in [6.45, 7) is 4.26. The minimum Gasteiger partial charge on any atom is -0.394 e. The number of aliphatic hydroxyl groups is 2. The molecule has 0 aromatic heterocycles. The fraction of sp³-hybridized carbons (Fsp3) is 0.886. The van der Waals surface area contributed by atoms with E-state index in [1.165, 1.54) is 186 Å². The molecule has 2 atom stereocenters. The van der Waals surface area contributed by atoms with Crippen molar-refractivity contribution >= 4 is 5.91 Å². The molecule has 3 N–H and O–H groups in total. The molecule has 0 aliphatic rings. The van der Waals surface area contributed by atoms with Crippen LogP contribution < -0.4 is 5.32 Å². The number of carbonyl (C=O) groups is 1. The Morgan fingerprint density at radius 3 is 1.23 bits per heavy atom. The van der Waals surface area contributed by atoms with Gasteiger partial charge < -0.3 is 15.5 Å². The van der Waals surface area contributed by atoms with Crippen LogP contribution in [0.15, 0.2) is 24.3 Å². The van der Waals surface area contributed by atoms with Gasteiger partial charge in [-0.25, -0.2) is 0 Å². The van der Waals surface area contributed by atoms with E-state index in [-0.39, 0.29) is 12.5 Å². The van der Waals surface area contributed by atoms with Crippen LogP contribution in [0.1, 0.15) is 232 Å². The number of rotatable bonds is 39. The Hall–Kier alpha value is -1.13. The normalized spacial score (nSPS) is 13.2. The smallest absolute Gasteiger partial charge is 0.220 e. The summed E-state index contributed by atoms with van der Waals surface area (Å²) >= 11 is 0. The Labute approximate surface area is 300 Å². The van der Waals surface area contributed by atoms with Gasteiger partial charge in [0.25, 0.3) is 0 Å². The van der Waals surface area contributed by atoms with Crippen LogP contribution in [0, 0.1) is 0 Å². The van der Waals surface area contributed by atoms with Crippen molar-refractivity contribution in [1.82, 2.24) is 5.32 Å². The highest BCUT2D eigenvalue weighted by molar-refractivity contribution is 5.76. The Morgan fingerprint density at radius 2 is 0.833 bits per heavy atom. The van der Waals surface area contributed by atoms with Gasteiger partial charge in [0.15, 0.2) is 0 Å². The van der Waals surface area contributed by atoms with E-state index in [2.05, 4.69) is 31.3 Å². The van der Waals surface area contributed by atoms with Crippen LogP contribution in [0.4, 0.5) is 0 Å². The van der Waals surface area contributed by atoms with E-state index in [1.807, 2.05) is 6.08 Å². The summed E-state index contributed by atoms with van der Waals surface area (Å²) in [6, 6.07) is -0.621. The van der Waals surface area contributed by atoms with Crippen molar-refractivity contribution in [2.24, 2.45) is 0 Å². The standard InChI is InChI=1S/C44H85NO3/c1-3-5-7-9-11-13-15-17-18-19-20-21-22-23-24-25-26-28-30-32-34-36-38-40-44(48)45-42(41-46)43(47)39-37-35-33-31-29-27-16-14-12-10-8-6-4-2/h8,10,37,39,42-43,46-47H,3-7,9,11-36,38,40-41H2,1-2H3,(H,45,48)/b10-8+,39-37+/t42-,43+/m0/s1. The second-order valence-electron chi connectivity index (χ2n) is 14.8. The molecule has 4 nitrogen and oxygen atoms in total. The first kappa shape index (κ1) is 46.9. The zero-order valence-electron chi connectivity index (χ0n) is 32.5. The van der Waals surface area contributed by atoms with Crippen LogP contribution >= 0.6 is 0 Å². The Morgan fingerprint density at radius 1 is 0.479 bits per heavy atom. The molecule has 0 aliphatic heterocycles. The van der Waals surface area contributed by atoms with E-state index >= 15 is 0 Å². The molecule has 0 fully saturated rings. The number of aliphatic hydroxyl groups excluding tert-OH is 2. The minimum atomic E-state index is -0.839. The third kappa shape index (κ3) is 36.2. The molecule has 0 radical (unpaired) electrons. The summed E-state index contributed by atoms with van der Waals surface area (Å²) in [5.41, 5.74) is 0. The Bertz CT molecular complexity index is 691. The molecule has 0 saturated heterocycles. The third-order valence-electron chi connectivity index (χ3n) is 9.91. The summed E-state index contributed by atoms with van der Waals surface area (Å²) in [7, 11) is 0. The summed E-state index contributed by atoms with van der Waals surface area (Å²) in [5.74, 6) is -0.0640. The van der Waals surface area contributed by atoms with Gasteiger partial charge in [0.2, 0.25) is 5.91 Å². The summed E-state index contributed by atoms with van der Waals surface area (Å²) in [5, 5.41) is 23.0. The van der Waals surface area contributed by atoms with Crippen LogP contribution in [0.5, 0.6) is 0 Å². The number of allylic oxidation sites excluding steroid dienone is 3. The zero-order chi connectivity index (χ0) is 35.0. The van der Waals surface area contributed by atoms with Gasteiger partial charge in [0.1, 0.15) is 0 Å². The van der Waals surface area contributed by atoms with Gasteiger partial charge in [-0.15, -0.1) is 0 Å². The van der Waals surface area contributed by atoms with E-state index in [0.717, 1.165) is 25.7 Å². The number of nitrogens with one attached hydrogen (secondary N) is 1. The van der Waals surface area contributed by atoms with Crippen molar-refractivity contribution in [2.45, 2.75) is 244 Å². The average molecular weight is 676 g/mol. The molecule has 0 saturated carbocycles. The molecule has 0 rings (SSSR count). The Kier molecular flexibility index (Phi) is 39.4. The molecule has 0 spiro atoms. The Balaban J connectivity index is 3.50. The topological polar surface area (TPSA) is 69.6 Å². The van der Waals surface area contributed by atoms with Gasteiger partial charge in [-0.1, -0.05) is 212 Å². The van der Waals surface area contributed by atoms with Gasteiger partial charge in [0.05, 0.1) is 18.8 Å². The first-order chi connectivity index (χ1) is 23.7. The fourth-order valence-corrected chi connectivity index (χ4v) is 6.59. The molecule has 0 bridgehead atoms. The van der Waals surface area contributed by atoms with Crippen molar-refractivity contribution in [1.29, 1.82) is 0 Å². The lowest BCUT2D eigenvalue weighted by Crippen LogP contribution is -2.45. The number of unbranched alkanes of at least 4 members (excludes halogenated alkanes) is 30. The lowest BCUT2D eigenvalue weighted by atomic mass is 10.0. The van der Waals surface area contributed by atoms with Crippen LogP contribution in [0.3, 0.4) is 0 Å². The molecule has 0 aromatic carbocycles. The molecule has 0 aliphatic carbocycles. The van der Waals surface area contributed by atoms with Crippen LogP contribution in [0.2, 0.25) is 0 Å². The zero-order valence-corrected chi connectivity index (χ0v) is 32.5. The summed E-state index contributed by atoms with van der Waals surface area (Å²) < 4.78 is 0.